The Bertz CT molecular complexity index is 448. The van der Waals surface area contributed by atoms with E-state index in [9.17, 15) is 5.11 Å². The molecule has 1 fully saturated rings. The smallest absolute Gasteiger partial charge is 0.0807 e. The minimum Gasteiger partial charge on any atom is -0.388 e. The zero-order valence-electron chi connectivity index (χ0n) is 12.2. The Hall–Kier alpha value is -0.800. The van der Waals surface area contributed by atoms with Crippen molar-refractivity contribution >= 4 is 0 Å². The first-order chi connectivity index (χ1) is 9.20. The monoisotopic (exact) mass is 262 g/mol. The lowest BCUT2D eigenvalue weighted by molar-refractivity contribution is 0.155. The van der Waals surface area contributed by atoms with Crippen molar-refractivity contribution in [3.05, 3.63) is 23.0 Å². The van der Waals surface area contributed by atoms with Gasteiger partial charge >= 0.3 is 0 Å². The summed E-state index contributed by atoms with van der Waals surface area (Å²) < 4.78 is 2.45. The van der Waals surface area contributed by atoms with E-state index in [1.807, 2.05) is 0 Å². The van der Waals surface area contributed by atoms with Crippen LogP contribution in [0.1, 0.15) is 55.7 Å². The van der Waals surface area contributed by atoms with Crippen molar-refractivity contribution in [2.75, 3.05) is 13.1 Å². The second-order valence-corrected chi connectivity index (χ2v) is 6.11. The van der Waals surface area contributed by atoms with Crippen LogP contribution in [-0.4, -0.2) is 33.7 Å². The van der Waals surface area contributed by atoms with Crippen molar-refractivity contribution in [2.45, 2.75) is 64.6 Å². The van der Waals surface area contributed by atoms with Crippen molar-refractivity contribution in [2.24, 2.45) is 0 Å². The highest BCUT2D eigenvalue weighted by Crippen LogP contribution is 2.32. The fourth-order valence-electron chi connectivity index (χ4n) is 3.52. The van der Waals surface area contributed by atoms with Crippen LogP contribution in [0.3, 0.4) is 0 Å². The third kappa shape index (κ3) is 2.59. The molecule has 3 heteroatoms. The molecule has 3 nitrogen and oxygen atoms in total. The summed E-state index contributed by atoms with van der Waals surface area (Å²) in [5, 5.41) is 10.1. The van der Waals surface area contributed by atoms with Crippen LogP contribution >= 0.6 is 0 Å². The molecular weight excluding hydrogens is 236 g/mol. The maximum atomic E-state index is 10.1. The first-order valence-corrected chi connectivity index (χ1v) is 7.81. The average molecular weight is 262 g/mol. The van der Waals surface area contributed by atoms with Gasteiger partial charge in [-0.1, -0.05) is 6.92 Å². The molecule has 1 N–H and O–H groups in total. The van der Waals surface area contributed by atoms with E-state index in [0.717, 1.165) is 44.9 Å². The van der Waals surface area contributed by atoms with Crippen LogP contribution in [0.5, 0.6) is 0 Å². The van der Waals surface area contributed by atoms with Gasteiger partial charge in [0.1, 0.15) is 0 Å². The molecule has 1 aromatic rings. The second-order valence-electron chi connectivity index (χ2n) is 6.11. The van der Waals surface area contributed by atoms with Crippen LogP contribution in [0.25, 0.3) is 0 Å². The fourth-order valence-corrected chi connectivity index (χ4v) is 3.52. The third-order valence-electron chi connectivity index (χ3n) is 4.78. The van der Waals surface area contributed by atoms with Crippen LogP contribution in [0.2, 0.25) is 0 Å². The molecule has 0 saturated heterocycles. The molecule has 1 atom stereocenters. The van der Waals surface area contributed by atoms with Crippen LogP contribution in [-0.2, 0) is 13.0 Å². The van der Waals surface area contributed by atoms with Crippen LogP contribution in [0.4, 0.5) is 0 Å². The van der Waals surface area contributed by atoms with E-state index in [2.05, 4.69) is 29.4 Å². The molecule has 1 unspecified atom stereocenters. The Kier molecular flexibility index (Phi) is 3.68. The standard InChI is InChI=1S/C16H26N2O/c1-3-17(13-7-8-13)9-10-18-12(2)11-14-15(18)5-4-6-16(14)19/h11,13,16,19H,3-10H2,1-2H3. The Balaban J connectivity index is 1.73. The van der Waals surface area contributed by atoms with Gasteiger partial charge in [0.2, 0.25) is 0 Å². The normalized spacial score (nSPS) is 22.8. The Labute approximate surface area is 116 Å². The lowest BCUT2D eigenvalue weighted by atomic mass is 9.95. The molecule has 0 spiro atoms. The second kappa shape index (κ2) is 5.29. The largest absolute Gasteiger partial charge is 0.388 e. The van der Waals surface area contributed by atoms with Gasteiger partial charge in [0.25, 0.3) is 0 Å². The van der Waals surface area contributed by atoms with Crippen molar-refractivity contribution in [3.63, 3.8) is 0 Å². The number of fused-ring (bicyclic) bond motifs is 1. The number of hydrogen-bond donors (Lipinski definition) is 1. The zero-order chi connectivity index (χ0) is 13.4. The highest BCUT2D eigenvalue weighted by Gasteiger charge is 2.28. The summed E-state index contributed by atoms with van der Waals surface area (Å²) >= 11 is 0. The van der Waals surface area contributed by atoms with E-state index in [1.165, 1.54) is 29.8 Å². The lowest BCUT2D eigenvalue weighted by Gasteiger charge is -2.24. The molecule has 1 aromatic heterocycles. The molecule has 19 heavy (non-hydrogen) atoms. The highest BCUT2D eigenvalue weighted by atomic mass is 16.3. The third-order valence-corrected chi connectivity index (χ3v) is 4.78. The number of aryl methyl sites for hydroxylation is 1. The van der Waals surface area contributed by atoms with Crippen molar-refractivity contribution in [1.29, 1.82) is 0 Å². The molecule has 1 saturated carbocycles. The van der Waals surface area contributed by atoms with E-state index in [-0.39, 0.29) is 6.10 Å². The molecule has 0 aliphatic heterocycles. The zero-order valence-corrected chi connectivity index (χ0v) is 12.2. The Morgan fingerprint density at radius 3 is 2.84 bits per heavy atom. The number of aliphatic hydroxyl groups excluding tert-OH is 1. The Morgan fingerprint density at radius 2 is 2.16 bits per heavy atom. The van der Waals surface area contributed by atoms with E-state index in [0.29, 0.717) is 0 Å². The predicted molar refractivity (Wildman–Crippen MR) is 77.3 cm³/mol. The fraction of sp³-hybridized carbons (Fsp3) is 0.750. The van der Waals surface area contributed by atoms with Gasteiger partial charge in [0.15, 0.2) is 0 Å². The van der Waals surface area contributed by atoms with Gasteiger partial charge in [0.05, 0.1) is 6.10 Å². The van der Waals surface area contributed by atoms with E-state index < -0.39 is 0 Å². The average Bonchev–Trinajstić information content (AvgIpc) is 3.17. The topological polar surface area (TPSA) is 28.4 Å². The summed E-state index contributed by atoms with van der Waals surface area (Å²) in [4.78, 5) is 2.60. The van der Waals surface area contributed by atoms with Crippen LogP contribution < -0.4 is 0 Å². The molecular formula is C16H26N2O. The number of nitrogens with zero attached hydrogens (tertiary/aromatic N) is 2. The number of rotatable bonds is 5. The number of hydrogen-bond acceptors (Lipinski definition) is 2. The molecule has 0 radical (unpaired) electrons. The van der Waals surface area contributed by atoms with Gasteiger partial charge in [-0.25, -0.2) is 0 Å². The van der Waals surface area contributed by atoms with E-state index >= 15 is 0 Å². The quantitative estimate of drug-likeness (QED) is 0.883. The summed E-state index contributed by atoms with van der Waals surface area (Å²) in [6.45, 7) is 7.84. The first kappa shape index (κ1) is 13.2. The van der Waals surface area contributed by atoms with Crippen LogP contribution in [0.15, 0.2) is 6.07 Å². The highest BCUT2D eigenvalue weighted by molar-refractivity contribution is 5.31. The lowest BCUT2D eigenvalue weighted by Crippen LogP contribution is -2.30. The minimum absolute atomic E-state index is 0.227. The molecule has 2 aliphatic carbocycles. The summed E-state index contributed by atoms with van der Waals surface area (Å²) in [6, 6.07) is 3.05. The number of likely N-dealkylation sites (N-methyl/N-ethyl adjacent to an activating group) is 1. The van der Waals surface area contributed by atoms with Crippen molar-refractivity contribution in [3.8, 4) is 0 Å². The predicted octanol–water partition coefficient (Wildman–Crippen LogP) is 2.65. The SMILES string of the molecule is CCN(CCn1c(C)cc2c1CCCC2O)C1CC1. The maximum absolute atomic E-state index is 10.1. The first-order valence-electron chi connectivity index (χ1n) is 7.81. The van der Waals surface area contributed by atoms with Gasteiger partial charge in [-0.15, -0.1) is 0 Å². The van der Waals surface area contributed by atoms with Gasteiger partial charge < -0.3 is 9.67 Å². The van der Waals surface area contributed by atoms with Crippen LogP contribution in [0, 0.1) is 6.92 Å². The molecule has 0 aromatic carbocycles. The van der Waals surface area contributed by atoms with Crippen molar-refractivity contribution in [1.82, 2.24) is 9.47 Å². The van der Waals surface area contributed by atoms with Gasteiger partial charge in [-0.2, -0.15) is 0 Å². The Morgan fingerprint density at radius 1 is 1.37 bits per heavy atom. The number of aromatic nitrogens is 1. The summed E-state index contributed by atoms with van der Waals surface area (Å²) in [6.07, 6.45) is 5.73. The van der Waals surface area contributed by atoms with Crippen molar-refractivity contribution < 1.29 is 5.11 Å². The number of aliphatic hydroxyl groups is 1. The molecule has 106 valence electrons. The molecule has 3 rings (SSSR count). The molecule has 0 amide bonds. The summed E-state index contributed by atoms with van der Waals surface area (Å²) in [5.41, 5.74) is 3.90. The summed E-state index contributed by atoms with van der Waals surface area (Å²) in [5.74, 6) is 0. The van der Waals surface area contributed by atoms with Gasteiger partial charge in [0, 0.05) is 36.1 Å². The summed E-state index contributed by atoms with van der Waals surface area (Å²) in [7, 11) is 0. The molecule has 2 aliphatic rings. The van der Waals surface area contributed by atoms with Gasteiger partial charge in [-0.3, -0.25) is 4.90 Å². The minimum atomic E-state index is -0.227. The molecule has 1 heterocycles. The van der Waals surface area contributed by atoms with Gasteiger partial charge in [-0.05, 0) is 51.6 Å². The maximum Gasteiger partial charge on any atom is 0.0807 e. The van der Waals surface area contributed by atoms with E-state index in [4.69, 9.17) is 0 Å². The van der Waals surface area contributed by atoms with E-state index in [1.54, 1.807) is 0 Å². The molecule has 0 bridgehead atoms.